The topological polar surface area (TPSA) is 503 Å². The van der Waals surface area contributed by atoms with E-state index in [9.17, 15) is 54.3 Å². The summed E-state index contributed by atoms with van der Waals surface area (Å²) in [5, 5.41) is 80.7. The molecule has 0 spiro atoms. The molecule has 0 aliphatic carbocycles. The molecule has 18 atom stereocenters. The number of aliphatic imine (C=N–C) groups is 4. The van der Waals surface area contributed by atoms with Crippen molar-refractivity contribution in [3.8, 4) is 0 Å². The second kappa shape index (κ2) is 47.2. The summed E-state index contributed by atoms with van der Waals surface area (Å²) in [5.74, 6) is 2.89. The number of anilines is 1. The number of amides is 6. The molecule has 34 nitrogen and oxygen atoms in total. The number of rotatable bonds is 50. The Morgan fingerprint density at radius 1 is 0.580 bits per heavy atom. The zero-order valence-electron chi connectivity index (χ0n) is 64.4. The van der Waals surface area contributed by atoms with Crippen LogP contribution in [0, 0.1) is 0 Å². The highest BCUT2D eigenvalue weighted by Gasteiger charge is 2.49. The molecule has 0 saturated carbocycles. The van der Waals surface area contributed by atoms with Gasteiger partial charge in [-0.05, 0) is 156 Å². The average Bonchev–Trinajstić information content (AvgIpc) is 1.63. The van der Waals surface area contributed by atoms with Crippen LogP contribution in [0.1, 0.15) is 179 Å². The largest absolute Gasteiger partial charge is 0.480 e. The molecule has 620 valence electrons. The second-order valence-electron chi connectivity index (χ2n) is 29.5. The number of nitrogens with zero attached hydrogens (tertiary/aromatic N) is 12. The number of unbranched alkanes of at least 4 members (excludes halogenated alkanes) is 14. The van der Waals surface area contributed by atoms with E-state index in [1.54, 1.807) is 15.3 Å². The third-order valence-corrected chi connectivity index (χ3v) is 27.5. The number of urea groups is 2. The minimum absolute atomic E-state index is 0.0548. The number of fused-ring (bicyclic) bond motifs is 4. The Hall–Kier alpha value is -6.88. The molecule has 6 fully saturated rings. The number of aliphatic hydroxyl groups excluding tert-OH is 4. The zero-order chi connectivity index (χ0) is 79.7. The first-order chi connectivity index (χ1) is 54.2. The van der Waals surface area contributed by atoms with Crippen molar-refractivity contribution in [2.24, 2.45) is 25.7 Å². The van der Waals surface area contributed by atoms with Crippen LogP contribution in [-0.2, 0) is 50.4 Å². The van der Waals surface area contributed by atoms with E-state index in [0.717, 1.165) is 166 Å². The third-order valence-electron chi connectivity index (χ3n) is 20.8. The number of hydrogen-bond donors (Lipinski definition) is 14. The standard InChI is InChI=1S/2C37H58N10O7S2/c1-56(19-14-24(38)36(51)52)21-26-31(49)32(50)35(54-26)47-23-44-30-33(42-22-43-34(30)47)41-18-10-4-2-3-8-15-39-16-9-5-11-17-40-28(48)13-7-6-12-27-29-25(20-55-27)45-37(53)46-29;1-56(21-26-31(49)32(50)35(54-26)47-23-44-30-33(38)42-22-43-34(30)47)19-14-24(36(51)52)40-17-10-4-2-3-8-15-39-16-9-5-11-18-41-28(48)13-7-6-12-27-29-25(20-55-27)45-37(53)46-29/h15,18,22-27,29,31-32,35,49-50H,2-14,16-17,19-21,38H2,1H3,(H3-,40,45,46,48,51,52,53);15,17,22-27,29,31-32,35,49-50H,2-14,16,18-21H2,1H3,(H5-,38,41,42,43,45,46,48,51,52,53)/p+2/t2*24-,25?,26+,27+,29?,31+,32+,35+,56?/m00/s1. The van der Waals surface area contributed by atoms with Gasteiger partial charge in [-0.3, -0.25) is 38.5 Å². The summed E-state index contributed by atoms with van der Waals surface area (Å²) in [6.07, 6.45) is 32.4. The number of carboxylic acids is 2. The van der Waals surface area contributed by atoms with Crippen LogP contribution in [0.5, 0.6) is 0 Å². The minimum atomic E-state index is -1.20. The Morgan fingerprint density at radius 3 is 1.57 bits per heavy atom. The van der Waals surface area contributed by atoms with Gasteiger partial charge >= 0.3 is 24.0 Å². The Balaban J connectivity index is 0.000000257. The fraction of sp³-hybridized carbons (Fsp3) is 0.730. The Labute approximate surface area is 668 Å². The first-order valence-corrected chi connectivity index (χ1v) is 45.7. The van der Waals surface area contributed by atoms with Crippen LogP contribution in [-0.4, -0.2) is 287 Å². The lowest BCUT2D eigenvalue weighted by atomic mass is 10.0. The number of aromatic nitrogens is 8. The molecule has 4 aromatic heterocycles. The van der Waals surface area contributed by atoms with E-state index in [1.165, 1.54) is 25.3 Å². The van der Waals surface area contributed by atoms with Gasteiger partial charge in [0.05, 0.1) is 49.3 Å². The molecule has 6 saturated heterocycles. The molecule has 112 heavy (non-hydrogen) atoms. The second-order valence-corrected chi connectivity index (χ2v) is 36.7. The van der Waals surface area contributed by atoms with Crippen molar-refractivity contribution in [3.05, 3.63) is 25.3 Å². The van der Waals surface area contributed by atoms with Crippen LogP contribution in [0.2, 0.25) is 0 Å². The number of carbonyl (C=O) groups excluding carboxylic acids is 4. The van der Waals surface area contributed by atoms with E-state index in [1.807, 2.05) is 54.7 Å². The maximum Gasteiger partial charge on any atom is 0.328 e. The molecule has 6 aliphatic rings. The predicted octanol–water partition coefficient (Wildman–Crippen LogP) is 4.46. The minimum Gasteiger partial charge on any atom is -0.480 e. The number of nitrogen functional groups attached to an aromatic ring is 1. The molecule has 10 heterocycles. The molecule has 4 aromatic rings. The fourth-order valence-electron chi connectivity index (χ4n) is 14.3. The maximum absolute atomic E-state index is 12.2. The molecule has 0 bridgehead atoms. The molecular formula is C74H118N20O14S4+2. The summed E-state index contributed by atoms with van der Waals surface area (Å²) in [5.41, 5.74) is 13.2. The highest BCUT2D eigenvalue weighted by molar-refractivity contribution is 8.00. The smallest absolute Gasteiger partial charge is 0.328 e. The lowest BCUT2D eigenvalue weighted by Gasteiger charge is -2.16. The van der Waals surface area contributed by atoms with E-state index < -0.39 is 73.1 Å². The number of carboxylic acid groups (broad SMARTS) is 2. The van der Waals surface area contributed by atoms with Crippen molar-refractivity contribution in [1.29, 1.82) is 0 Å². The summed E-state index contributed by atoms with van der Waals surface area (Å²) >= 11 is 3.82. The SMILES string of the molecule is C[S+](CC[C@H](N)C(=O)O)C[C@H]1O[C@@H](n2cnc3c(N=CCCCCCC=NCCCCCNC(=O)CCCC[C@H]4SCC5NC(=O)NC54)ncnc32)[C@H](O)[C@@H]1O.C[S+](CC[C@H](N=CCCCCCC=NCCCCCNC(=O)CCCC[C@H]1SCC2NC(=O)NC21)C(=O)O)C[C@H]1O[C@@H](n2cnc3c(N)ncnc32)[C@H](O)[C@@H]1O. The summed E-state index contributed by atoms with van der Waals surface area (Å²) in [6.45, 7) is 3.00. The van der Waals surface area contributed by atoms with Crippen LogP contribution in [0.25, 0.3) is 22.3 Å². The van der Waals surface area contributed by atoms with E-state index in [2.05, 4.69) is 81.8 Å². The Bertz CT molecular complexity index is 3730. The van der Waals surface area contributed by atoms with Crippen molar-refractivity contribution in [3.63, 3.8) is 0 Å². The quantitative estimate of drug-likeness (QED) is 0.0126. The number of ether oxygens (including phenoxy) is 2. The molecule has 6 amide bonds. The summed E-state index contributed by atoms with van der Waals surface area (Å²) < 4.78 is 15.3. The molecule has 16 N–H and O–H groups in total. The van der Waals surface area contributed by atoms with Gasteiger partial charge in [0.1, 0.15) is 83.8 Å². The molecular weight excluding hydrogens is 1520 g/mol. The molecule has 0 aromatic carbocycles. The highest BCUT2D eigenvalue weighted by Crippen LogP contribution is 2.37. The zero-order valence-corrected chi connectivity index (χ0v) is 67.7. The highest BCUT2D eigenvalue weighted by atomic mass is 32.2. The van der Waals surface area contributed by atoms with Gasteiger partial charge in [0.25, 0.3) is 0 Å². The first-order valence-electron chi connectivity index (χ1n) is 39.7. The van der Waals surface area contributed by atoms with Gasteiger partial charge in [-0.1, -0.05) is 25.7 Å². The number of hydrogen-bond acceptors (Lipinski definition) is 26. The van der Waals surface area contributed by atoms with Crippen LogP contribution in [0.4, 0.5) is 21.2 Å². The lowest BCUT2D eigenvalue weighted by molar-refractivity contribution is -0.139. The van der Waals surface area contributed by atoms with Gasteiger partial charge in [-0.15, -0.1) is 0 Å². The number of nitrogens with one attached hydrogen (secondary N) is 6. The monoisotopic (exact) mass is 1640 g/mol. The fourth-order valence-corrected chi connectivity index (χ4v) is 20.7. The number of imidazole rings is 2. The number of aliphatic hydroxyl groups is 4. The van der Waals surface area contributed by atoms with E-state index in [0.29, 0.717) is 100 Å². The molecule has 6 aliphatic heterocycles. The summed E-state index contributed by atoms with van der Waals surface area (Å²) in [6, 6.07) is -0.918. The van der Waals surface area contributed by atoms with Gasteiger partial charge in [0.15, 0.2) is 46.9 Å². The number of thioether (sulfide) groups is 2. The third kappa shape index (κ3) is 27.7. The van der Waals surface area contributed by atoms with Crippen molar-refractivity contribution in [2.75, 3.05) is 78.9 Å². The van der Waals surface area contributed by atoms with Crippen LogP contribution in [0.15, 0.2) is 45.3 Å². The maximum atomic E-state index is 12.2. The predicted molar refractivity (Wildman–Crippen MR) is 440 cm³/mol. The van der Waals surface area contributed by atoms with Crippen LogP contribution in [0.3, 0.4) is 0 Å². The van der Waals surface area contributed by atoms with Gasteiger partial charge in [-0.25, -0.2) is 49.3 Å². The van der Waals surface area contributed by atoms with Crippen molar-refractivity contribution < 1.29 is 68.9 Å². The van der Waals surface area contributed by atoms with Gasteiger partial charge in [-0.2, -0.15) is 23.5 Å². The average molecular weight is 1640 g/mol. The first kappa shape index (κ1) is 89.1. The van der Waals surface area contributed by atoms with Crippen molar-refractivity contribution >= 4 is 140 Å². The van der Waals surface area contributed by atoms with Crippen LogP contribution < -0.4 is 43.4 Å². The summed E-state index contributed by atoms with van der Waals surface area (Å²) in [7, 11) is -0.561. The summed E-state index contributed by atoms with van der Waals surface area (Å²) in [4.78, 5) is 114. The lowest BCUT2D eigenvalue weighted by Crippen LogP contribution is -2.37. The van der Waals surface area contributed by atoms with Crippen molar-refractivity contribution in [2.45, 2.75) is 263 Å². The van der Waals surface area contributed by atoms with Gasteiger partial charge < -0.3 is 83.5 Å². The van der Waals surface area contributed by atoms with E-state index >= 15 is 0 Å². The van der Waals surface area contributed by atoms with Gasteiger partial charge in [0, 0.05) is 80.1 Å². The van der Waals surface area contributed by atoms with E-state index in [4.69, 9.17) is 26.0 Å². The molecule has 0 radical (unpaired) electrons. The van der Waals surface area contributed by atoms with Crippen molar-refractivity contribution in [1.82, 2.24) is 70.9 Å². The number of aliphatic carboxylic acids is 2. The Morgan fingerprint density at radius 2 is 1.05 bits per heavy atom. The number of carbonyl (C=O) groups is 6. The van der Waals surface area contributed by atoms with Gasteiger partial charge in [0.2, 0.25) is 11.8 Å². The number of nitrogens with two attached hydrogens (primary N) is 2. The molecule has 38 heteroatoms. The van der Waals surface area contributed by atoms with Crippen LogP contribution >= 0.6 is 23.5 Å². The Kier molecular flexibility index (Phi) is 37.6. The molecule has 6 unspecified atom stereocenters. The van der Waals surface area contributed by atoms with E-state index in [-0.39, 0.29) is 75.7 Å². The normalized spacial score (nSPS) is 25.8. The molecule has 10 rings (SSSR count).